The maximum atomic E-state index is 14.1. The Balaban J connectivity index is 1.55. The van der Waals surface area contributed by atoms with E-state index in [1.54, 1.807) is 0 Å². The van der Waals surface area contributed by atoms with E-state index in [4.69, 9.17) is 4.99 Å². The van der Waals surface area contributed by atoms with Crippen molar-refractivity contribution >= 4 is 28.9 Å². The second-order valence-corrected chi connectivity index (χ2v) is 11.1. The van der Waals surface area contributed by atoms with E-state index in [0.29, 0.717) is 17.9 Å². The first-order chi connectivity index (χ1) is 19.0. The minimum atomic E-state index is -1.47. The quantitative estimate of drug-likeness (QED) is 0.539. The summed E-state index contributed by atoms with van der Waals surface area (Å²) in [5.74, 6) is -2.20. The number of fused-ring (bicyclic) bond motifs is 2. The lowest BCUT2D eigenvalue weighted by atomic mass is 9.80. The Morgan fingerprint density at radius 1 is 1.18 bits per heavy atom. The van der Waals surface area contributed by atoms with Crippen LogP contribution in [-0.4, -0.2) is 52.3 Å². The van der Waals surface area contributed by atoms with Crippen LogP contribution in [-0.2, 0) is 17.9 Å². The topological polar surface area (TPSA) is 95.8 Å². The smallest absolute Gasteiger partial charge is 0.265 e. The maximum Gasteiger partial charge on any atom is 0.265 e. The SMILES string of the molecule is CCCC1CC(C)=NC2=C1c1cc(C(=O)NCc3cc(F)cc(F)c3)c(=O)n(CC(=O)N3CC(C)(F)C3)c1NC2. The van der Waals surface area contributed by atoms with E-state index >= 15 is 0 Å². The molecule has 212 valence electrons. The molecule has 5 rings (SSSR count). The molecule has 0 saturated carbocycles. The number of allylic oxidation sites excluding steroid dienone is 1. The minimum absolute atomic E-state index is 0.0670. The van der Waals surface area contributed by atoms with E-state index in [2.05, 4.69) is 17.6 Å². The van der Waals surface area contributed by atoms with Crippen molar-refractivity contribution in [1.82, 2.24) is 14.8 Å². The Bertz CT molecular complexity index is 1480. The van der Waals surface area contributed by atoms with Crippen molar-refractivity contribution in [1.29, 1.82) is 0 Å². The molecule has 0 bridgehead atoms. The highest BCUT2D eigenvalue weighted by Gasteiger charge is 2.42. The molecule has 3 aliphatic heterocycles. The Morgan fingerprint density at radius 3 is 2.52 bits per heavy atom. The Hall–Kier alpha value is -3.89. The zero-order valence-corrected chi connectivity index (χ0v) is 22.7. The number of anilines is 1. The van der Waals surface area contributed by atoms with Gasteiger partial charge in [0.05, 0.1) is 25.3 Å². The molecular weight excluding hydrogens is 523 g/mol. The summed E-state index contributed by atoms with van der Waals surface area (Å²) >= 11 is 0. The van der Waals surface area contributed by atoms with Crippen LogP contribution in [0.5, 0.6) is 0 Å². The monoisotopic (exact) mass is 555 g/mol. The molecule has 2 amide bonds. The van der Waals surface area contributed by atoms with Crippen LogP contribution in [0, 0.1) is 17.6 Å². The number of carbonyl (C=O) groups is 2. The highest BCUT2D eigenvalue weighted by molar-refractivity contribution is 5.98. The van der Waals surface area contributed by atoms with Crippen LogP contribution in [0.25, 0.3) is 5.57 Å². The van der Waals surface area contributed by atoms with E-state index in [9.17, 15) is 27.6 Å². The van der Waals surface area contributed by atoms with E-state index in [0.717, 1.165) is 54.4 Å². The van der Waals surface area contributed by atoms with Gasteiger partial charge in [-0.25, -0.2) is 13.2 Å². The van der Waals surface area contributed by atoms with Gasteiger partial charge in [-0.05, 0) is 61.9 Å². The van der Waals surface area contributed by atoms with Crippen molar-refractivity contribution < 1.29 is 22.8 Å². The van der Waals surface area contributed by atoms with Crippen molar-refractivity contribution in [2.24, 2.45) is 10.9 Å². The zero-order chi connectivity index (χ0) is 28.8. The van der Waals surface area contributed by atoms with Gasteiger partial charge in [-0.1, -0.05) is 13.3 Å². The first kappa shape index (κ1) is 27.7. The third kappa shape index (κ3) is 5.41. The molecule has 3 aliphatic rings. The largest absolute Gasteiger partial charge is 0.365 e. The molecule has 11 heteroatoms. The van der Waals surface area contributed by atoms with Crippen LogP contribution in [0.4, 0.5) is 19.0 Å². The molecule has 1 aromatic carbocycles. The van der Waals surface area contributed by atoms with Gasteiger partial charge in [0.2, 0.25) is 5.91 Å². The summed E-state index contributed by atoms with van der Waals surface area (Å²) in [4.78, 5) is 46.1. The summed E-state index contributed by atoms with van der Waals surface area (Å²) in [5.41, 5.74) is 1.19. The number of benzene rings is 1. The molecule has 40 heavy (non-hydrogen) atoms. The summed E-state index contributed by atoms with van der Waals surface area (Å²) in [7, 11) is 0. The molecule has 1 aromatic heterocycles. The minimum Gasteiger partial charge on any atom is -0.365 e. The van der Waals surface area contributed by atoms with E-state index in [-0.39, 0.29) is 43.2 Å². The van der Waals surface area contributed by atoms with Gasteiger partial charge in [0.15, 0.2) is 0 Å². The zero-order valence-electron chi connectivity index (χ0n) is 22.7. The fourth-order valence-corrected chi connectivity index (χ4v) is 5.83. The van der Waals surface area contributed by atoms with Crippen LogP contribution in [0.1, 0.15) is 61.5 Å². The van der Waals surface area contributed by atoms with Crippen molar-refractivity contribution in [3.05, 3.63) is 68.6 Å². The van der Waals surface area contributed by atoms with Crippen molar-refractivity contribution in [2.75, 3.05) is 25.0 Å². The molecule has 1 atom stereocenters. The average molecular weight is 556 g/mol. The highest BCUT2D eigenvalue weighted by Crippen LogP contribution is 2.42. The molecule has 2 aromatic rings. The molecule has 0 radical (unpaired) electrons. The maximum absolute atomic E-state index is 14.1. The Kier molecular flexibility index (Phi) is 7.32. The Morgan fingerprint density at radius 2 is 1.88 bits per heavy atom. The highest BCUT2D eigenvalue weighted by atomic mass is 19.1. The first-order valence-corrected chi connectivity index (χ1v) is 13.4. The number of hydrogen-bond acceptors (Lipinski definition) is 5. The number of carbonyl (C=O) groups excluding carboxylic acids is 2. The molecule has 1 saturated heterocycles. The van der Waals surface area contributed by atoms with Crippen LogP contribution in [0.15, 0.2) is 39.7 Å². The van der Waals surface area contributed by atoms with Gasteiger partial charge in [0, 0.05) is 23.9 Å². The standard InChI is InChI=1S/C29H32F3N5O3/c1-4-5-18-6-16(2)35-23-12-33-26-21(25(18)23)10-22(27(39)34-11-17-7-19(30)9-20(31)8-17)28(40)37(26)13-24(38)36-14-29(3,32)15-36/h7-10,18,33H,4-6,11-15H2,1-3H3,(H,34,39). The van der Waals surface area contributed by atoms with Gasteiger partial charge in [-0.15, -0.1) is 0 Å². The van der Waals surface area contributed by atoms with E-state index in [1.807, 2.05) is 6.92 Å². The number of hydrogen-bond donors (Lipinski definition) is 2. The van der Waals surface area contributed by atoms with Gasteiger partial charge in [0.1, 0.15) is 35.2 Å². The van der Waals surface area contributed by atoms with Gasteiger partial charge in [-0.3, -0.25) is 23.9 Å². The van der Waals surface area contributed by atoms with E-state index < -0.39 is 34.7 Å². The van der Waals surface area contributed by atoms with Crippen LogP contribution >= 0.6 is 0 Å². The number of aromatic nitrogens is 1. The lowest BCUT2D eigenvalue weighted by molar-refractivity contribution is -0.144. The summed E-state index contributed by atoms with van der Waals surface area (Å²) in [6, 6.07) is 4.44. The number of nitrogens with one attached hydrogen (secondary N) is 2. The van der Waals surface area contributed by atoms with Crippen molar-refractivity contribution in [3.63, 3.8) is 0 Å². The molecule has 0 aliphatic carbocycles. The van der Waals surface area contributed by atoms with Gasteiger partial charge in [0.25, 0.3) is 11.5 Å². The lowest BCUT2D eigenvalue weighted by Gasteiger charge is -2.42. The second kappa shape index (κ2) is 10.6. The van der Waals surface area contributed by atoms with Gasteiger partial charge in [-0.2, -0.15) is 0 Å². The number of halogens is 3. The third-order valence-electron chi connectivity index (χ3n) is 7.53. The van der Waals surface area contributed by atoms with Gasteiger partial charge < -0.3 is 15.5 Å². The molecule has 4 heterocycles. The average Bonchev–Trinajstić information content (AvgIpc) is 2.86. The summed E-state index contributed by atoms with van der Waals surface area (Å²) in [5, 5.41) is 5.80. The number of rotatable bonds is 7. The predicted octanol–water partition coefficient (Wildman–Crippen LogP) is 4.04. The molecule has 1 fully saturated rings. The molecule has 0 spiro atoms. The number of amides is 2. The van der Waals surface area contributed by atoms with Crippen LogP contribution in [0.2, 0.25) is 0 Å². The van der Waals surface area contributed by atoms with Crippen molar-refractivity contribution in [2.45, 2.75) is 58.8 Å². The fraction of sp³-hybridized carbons (Fsp3) is 0.448. The predicted molar refractivity (Wildman–Crippen MR) is 146 cm³/mol. The number of alkyl halides is 1. The number of likely N-dealkylation sites (tertiary alicyclic amines) is 1. The number of aliphatic imine (C=N–C) groups is 1. The number of pyridine rings is 1. The Labute approximate surface area is 230 Å². The summed E-state index contributed by atoms with van der Waals surface area (Å²) < 4.78 is 42.6. The molecule has 2 N–H and O–H groups in total. The van der Waals surface area contributed by atoms with Gasteiger partial charge >= 0.3 is 0 Å². The van der Waals surface area contributed by atoms with Crippen LogP contribution in [0.3, 0.4) is 0 Å². The van der Waals surface area contributed by atoms with Crippen molar-refractivity contribution in [3.8, 4) is 0 Å². The number of nitrogens with zero attached hydrogens (tertiary/aromatic N) is 3. The molecule has 1 unspecified atom stereocenters. The fourth-order valence-electron chi connectivity index (χ4n) is 5.83. The first-order valence-electron chi connectivity index (χ1n) is 13.4. The van der Waals surface area contributed by atoms with E-state index in [1.165, 1.54) is 22.5 Å². The summed E-state index contributed by atoms with van der Waals surface area (Å²) in [6.45, 7) is 5.12. The third-order valence-corrected chi connectivity index (χ3v) is 7.53. The molecule has 8 nitrogen and oxygen atoms in total. The lowest BCUT2D eigenvalue weighted by Crippen LogP contribution is -2.60. The second-order valence-electron chi connectivity index (χ2n) is 11.1. The van der Waals surface area contributed by atoms with Crippen LogP contribution < -0.4 is 16.2 Å². The normalized spacial score (nSPS) is 19.2. The summed E-state index contributed by atoms with van der Waals surface area (Å²) in [6.07, 6.45) is 2.53. The molecular formula is C29H32F3N5O3.